The Bertz CT molecular complexity index is 1560. The van der Waals surface area contributed by atoms with Crippen molar-refractivity contribution < 1.29 is 0 Å². The van der Waals surface area contributed by atoms with Gasteiger partial charge in [0.25, 0.3) is 0 Å². The molecular weight excluding hydrogens is 490 g/mol. The van der Waals surface area contributed by atoms with Crippen LogP contribution < -0.4 is 5.32 Å². The van der Waals surface area contributed by atoms with Gasteiger partial charge in [-0.05, 0) is 50.4 Å². The lowest BCUT2D eigenvalue weighted by atomic mass is 9.77. The summed E-state index contributed by atoms with van der Waals surface area (Å²) in [5.74, 6) is 0.698. The minimum atomic E-state index is -0.800. The summed E-state index contributed by atoms with van der Waals surface area (Å²) in [7, 11) is 0. The van der Waals surface area contributed by atoms with Crippen LogP contribution in [0, 0.1) is 0 Å². The SMILES string of the molecule is CCNCc1ccc(-c2ccccc2-c2nnnn2C(c2ccccc2)(c2ccccc2)c2ccccc2)cc1. The standard InChI is InChI=1S/C35H31N5/c1-2-36-26-27-22-24-28(25-23-27)32-20-12-13-21-33(32)34-37-38-39-40(34)35(29-14-6-3-7-15-29,30-16-8-4-9-17-30)31-18-10-5-11-19-31/h3-25,36H,2,26H2,1H3. The molecule has 0 amide bonds. The molecule has 0 unspecified atom stereocenters. The molecule has 1 N–H and O–H groups in total. The first-order valence-corrected chi connectivity index (χ1v) is 13.7. The van der Waals surface area contributed by atoms with Gasteiger partial charge >= 0.3 is 0 Å². The average Bonchev–Trinajstić information content (AvgIpc) is 3.52. The number of tetrazole rings is 1. The van der Waals surface area contributed by atoms with E-state index in [1.807, 2.05) is 28.9 Å². The Morgan fingerprint density at radius 1 is 0.600 bits per heavy atom. The summed E-state index contributed by atoms with van der Waals surface area (Å²) in [4.78, 5) is 0. The number of nitrogens with zero attached hydrogens (tertiary/aromatic N) is 4. The minimum absolute atomic E-state index is 0.698. The zero-order valence-electron chi connectivity index (χ0n) is 22.5. The van der Waals surface area contributed by atoms with Gasteiger partial charge in [0.15, 0.2) is 5.82 Å². The van der Waals surface area contributed by atoms with Crippen LogP contribution in [0.1, 0.15) is 29.2 Å². The zero-order chi connectivity index (χ0) is 27.2. The van der Waals surface area contributed by atoms with Crippen LogP contribution in [0.5, 0.6) is 0 Å². The predicted octanol–water partition coefficient (Wildman–Crippen LogP) is 6.96. The first kappa shape index (κ1) is 25.4. The summed E-state index contributed by atoms with van der Waals surface area (Å²) in [6, 6.07) is 48.6. The van der Waals surface area contributed by atoms with Crippen molar-refractivity contribution >= 4 is 0 Å². The van der Waals surface area contributed by atoms with Gasteiger partial charge in [0.2, 0.25) is 0 Å². The van der Waals surface area contributed by atoms with Crippen LogP contribution >= 0.6 is 0 Å². The molecule has 0 aliphatic carbocycles. The van der Waals surface area contributed by atoms with E-state index in [0.717, 1.165) is 46.5 Å². The second-order valence-electron chi connectivity index (χ2n) is 9.75. The molecule has 5 aromatic carbocycles. The lowest BCUT2D eigenvalue weighted by Gasteiger charge is -2.36. The van der Waals surface area contributed by atoms with E-state index in [-0.39, 0.29) is 0 Å². The molecule has 5 heteroatoms. The van der Waals surface area contributed by atoms with Crippen molar-refractivity contribution in [3.8, 4) is 22.5 Å². The van der Waals surface area contributed by atoms with E-state index in [9.17, 15) is 0 Å². The van der Waals surface area contributed by atoms with Gasteiger partial charge in [0.1, 0.15) is 5.54 Å². The minimum Gasteiger partial charge on any atom is -0.313 e. The first-order chi connectivity index (χ1) is 19.8. The third kappa shape index (κ3) is 4.61. The van der Waals surface area contributed by atoms with Crippen molar-refractivity contribution in [2.75, 3.05) is 6.54 Å². The molecule has 0 saturated carbocycles. The Hall–Kier alpha value is -4.87. The van der Waals surface area contributed by atoms with Crippen molar-refractivity contribution in [1.82, 2.24) is 25.5 Å². The number of nitrogens with one attached hydrogen (secondary N) is 1. The molecule has 6 rings (SSSR count). The van der Waals surface area contributed by atoms with E-state index < -0.39 is 5.54 Å². The molecule has 0 atom stereocenters. The number of aromatic nitrogens is 4. The maximum Gasteiger partial charge on any atom is 0.184 e. The molecule has 5 nitrogen and oxygen atoms in total. The summed E-state index contributed by atoms with van der Waals surface area (Å²) in [6.45, 7) is 3.92. The number of benzene rings is 5. The van der Waals surface area contributed by atoms with E-state index in [1.165, 1.54) is 5.56 Å². The third-order valence-electron chi connectivity index (χ3n) is 7.37. The highest BCUT2D eigenvalue weighted by Gasteiger charge is 2.42. The predicted molar refractivity (Wildman–Crippen MR) is 161 cm³/mol. The second kappa shape index (κ2) is 11.5. The van der Waals surface area contributed by atoms with Crippen molar-refractivity contribution in [2.45, 2.75) is 19.0 Å². The maximum atomic E-state index is 4.72. The van der Waals surface area contributed by atoms with Gasteiger partial charge in [0.05, 0.1) is 0 Å². The molecule has 0 fully saturated rings. The van der Waals surface area contributed by atoms with Crippen LogP contribution in [0.2, 0.25) is 0 Å². The number of hydrogen-bond acceptors (Lipinski definition) is 4. The molecule has 1 heterocycles. The smallest absolute Gasteiger partial charge is 0.184 e. The molecule has 6 aromatic rings. The number of rotatable bonds is 9. The molecule has 0 spiro atoms. The molecule has 0 aliphatic heterocycles. The third-order valence-corrected chi connectivity index (χ3v) is 7.37. The van der Waals surface area contributed by atoms with Crippen LogP contribution in [-0.4, -0.2) is 26.8 Å². The molecule has 196 valence electrons. The van der Waals surface area contributed by atoms with Gasteiger partial charge in [-0.3, -0.25) is 0 Å². The van der Waals surface area contributed by atoms with E-state index in [4.69, 9.17) is 5.21 Å². The van der Waals surface area contributed by atoms with Crippen LogP contribution in [0.4, 0.5) is 0 Å². The fourth-order valence-corrected chi connectivity index (χ4v) is 5.49. The Labute approximate surface area is 235 Å². The van der Waals surface area contributed by atoms with Crippen molar-refractivity contribution in [3.63, 3.8) is 0 Å². The Balaban J connectivity index is 1.59. The number of hydrogen-bond donors (Lipinski definition) is 1. The maximum absolute atomic E-state index is 4.72. The quantitative estimate of drug-likeness (QED) is 0.209. The molecule has 1 aromatic heterocycles. The van der Waals surface area contributed by atoms with Crippen LogP contribution in [0.25, 0.3) is 22.5 Å². The van der Waals surface area contributed by atoms with Crippen molar-refractivity contribution in [1.29, 1.82) is 0 Å². The van der Waals surface area contributed by atoms with Gasteiger partial charge in [-0.2, -0.15) is 0 Å². The van der Waals surface area contributed by atoms with Crippen molar-refractivity contribution in [2.24, 2.45) is 0 Å². The van der Waals surface area contributed by atoms with Gasteiger partial charge in [-0.25, -0.2) is 4.68 Å². The molecule has 40 heavy (non-hydrogen) atoms. The summed E-state index contributed by atoms with van der Waals surface area (Å²) in [6.07, 6.45) is 0. The van der Waals surface area contributed by atoms with Gasteiger partial charge < -0.3 is 5.32 Å². The molecule has 0 radical (unpaired) electrons. The van der Waals surface area contributed by atoms with E-state index in [0.29, 0.717) is 5.82 Å². The summed E-state index contributed by atoms with van der Waals surface area (Å²) < 4.78 is 1.99. The average molecular weight is 522 g/mol. The monoisotopic (exact) mass is 521 g/mol. The lowest BCUT2D eigenvalue weighted by molar-refractivity contribution is 0.451. The van der Waals surface area contributed by atoms with E-state index >= 15 is 0 Å². The Morgan fingerprint density at radius 2 is 1.10 bits per heavy atom. The molecule has 0 bridgehead atoms. The molecule has 0 saturated heterocycles. The summed E-state index contributed by atoms with van der Waals surface area (Å²) in [5, 5.41) is 17.1. The highest BCUT2D eigenvalue weighted by molar-refractivity contribution is 5.81. The zero-order valence-corrected chi connectivity index (χ0v) is 22.5. The van der Waals surface area contributed by atoms with Crippen LogP contribution in [-0.2, 0) is 12.1 Å². The second-order valence-corrected chi connectivity index (χ2v) is 9.75. The fourth-order valence-electron chi connectivity index (χ4n) is 5.49. The highest BCUT2D eigenvalue weighted by Crippen LogP contribution is 2.43. The lowest BCUT2D eigenvalue weighted by Crippen LogP contribution is -2.39. The van der Waals surface area contributed by atoms with E-state index in [1.54, 1.807) is 0 Å². The van der Waals surface area contributed by atoms with E-state index in [2.05, 4.69) is 138 Å². The molecule has 0 aliphatic rings. The highest BCUT2D eigenvalue weighted by atomic mass is 15.6. The van der Waals surface area contributed by atoms with Gasteiger partial charge in [0, 0.05) is 12.1 Å². The van der Waals surface area contributed by atoms with Crippen LogP contribution in [0.3, 0.4) is 0 Å². The van der Waals surface area contributed by atoms with Gasteiger partial charge in [-0.1, -0.05) is 146 Å². The normalized spacial score (nSPS) is 11.4. The van der Waals surface area contributed by atoms with Crippen LogP contribution in [0.15, 0.2) is 140 Å². The topological polar surface area (TPSA) is 55.6 Å². The summed E-state index contributed by atoms with van der Waals surface area (Å²) >= 11 is 0. The Morgan fingerprint density at radius 3 is 1.62 bits per heavy atom. The Kier molecular flexibility index (Phi) is 7.29. The first-order valence-electron chi connectivity index (χ1n) is 13.7. The molecular formula is C35H31N5. The summed E-state index contributed by atoms with van der Waals surface area (Å²) in [5.41, 5.74) is 6.85. The van der Waals surface area contributed by atoms with Gasteiger partial charge in [-0.15, -0.1) is 5.10 Å². The largest absolute Gasteiger partial charge is 0.313 e. The van der Waals surface area contributed by atoms with Crippen molar-refractivity contribution in [3.05, 3.63) is 162 Å². The fraction of sp³-hybridized carbons (Fsp3) is 0.114.